The highest BCUT2D eigenvalue weighted by Gasteiger charge is 2.08. The highest BCUT2D eigenvalue weighted by atomic mass is 16.1. The molecular formula is C18H18N2O. The zero-order chi connectivity index (χ0) is 15.2. The molecule has 3 N–H and O–H groups in total. The third kappa shape index (κ3) is 3.95. The van der Waals surface area contributed by atoms with Crippen LogP contribution in [0.15, 0.2) is 42.5 Å². The van der Waals surface area contributed by atoms with Crippen LogP contribution >= 0.6 is 0 Å². The summed E-state index contributed by atoms with van der Waals surface area (Å²) in [6, 6.07) is 13.2. The molecule has 0 aliphatic rings. The number of nitrogens with one attached hydrogen (secondary N) is 1. The number of anilines is 1. The smallest absolute Gasteiger partial charge is 0.255 e. The fraction of sp³-hybridized carbons (Fsp3) is 0.167. The highest BCUT2D eigenvalue weighted by Crippen LogP contribution is 2.18. The number of aryl methyl sites for hydroxylation is 2. The van der Waals surface area contributed by atoms with Crippen LogP contribution in [0.3, 0.4) is 0 Å². The maximum atomic E-state index is 12.3. The molecule has 0 heterocycles. The van der Waals surface area contributed by atoms with Crippen LogP contribution < -0.4 is 11.1 Å². The number of nitrogens with two attached hydrogens (primary N) is 1. The van der Waals surface area contributed by atoms with Gasteiger partial charge in [0.05, 0.1) is 6.54 Å². The minimum absolute atomic E-state index is 0.120. The van der Waals surface area contributed by atoms with E-state index in [1.54, 1.807) is 6.07 Å². The number of hydrogen-bond donors (Lipinski definition) is 2. The second-order valence-corrected chi connectivity index (χ2v) is 4.86. The quantitative estimate of drug-likeness (QED) is 0.830. The summed E-state index contributed by atoms with van der Waals surface area (Å²) in [5.41, 5.74) is 9.68. The van der Waals surface area contributed by atoms with Gasteiger partial charge in [0.2, 0.25) is 0 Å². The lowest BCUT2D eigenvalue weighted by Gasteiger charge is -2.09. The van der Waals surface area contributed by atoms with Gasteiger partial charge in [-0.25, -0.2) is 0 Å². The first-order valence-corrected chi connectivity index (χ1v) is 6.78. The summed E-state index contributed by atoms with van der Waals surface area (Å²) in [6.45, 7) is 4.23. The van der Waals surface area contributed by atoms with Gasteiger partial charge < -0.3 is 11.1 Å². The van der Waals surface area contributed by atoms with Crippen molar-refractivity contribution in [3.63, 3.8) is 0 Å². The second-order valence-electron chi connectivity index (χ2n) is 4.86. The Kier molecular flexibility index (Phi) is 4.76. The third-order valence-corrected chi connectivity index (χ3v) is 3.10. The summed E-state index contributed by atoms with van der Waals surface area (Å²) in [7, 11) is 0. The molecule has 0 atom stereocenters. The van der Waals surface area contributed by atoms with Crippen molar-refractivity contribution >= 4 is 11.6 Å². The van der Waals surface area contributed by atoms with Crippen LogP contribution in [-0.4, -0.2) is 12.5 Å². The van der Waals surface area contributed by atoms with Crippen LogP contribution in [0, 0.1) is 25.7 Å². The Hall–Kier alpha value is -2.57. The van der Waals surface area contributed by atoms with Crippen LogP contribution in [0.2, 0.25) is 0 Å². The molecule has 106 valence electrons. The van der Waals surface area contributed by atoms with E-state index in [4.69, 9.17) is 5.73 Å². The molecule has 0 unspecified atom stereocenters. The molecule has 0 bridgehead atoms. The first-order chi connectivity index (χ1) is 10.1. The Morgan fingerprint density at radius 3 is 2.71 bits per heavy atom. The van der Waals surface area contributed by atoms with E-state index in [1.165, 1.54) is 0 Å². The number of benzene rings is 2. The van der Waals surface area contributed by atoms with Crippen LogP contribution in [-0.2, 0) is 0 Å². The van der Waals surface area contributed by atoms with Gasteiger partial charge in [-0.05, 0) is 43.7 Å². The van der Waals surface area contributed by atoms with Crippen molar-refractivity contribution in [1.82, 2.24) is 0 Å². The van der Waals surface area contributed by atoms with Crippen molar-refractivity contribution < 1.29 is 4.79 Å². The van der Waals surface area contributed by atoms with E-state index < -0.39 is 0 Å². The lowest BCUT2D eigenvalue weighted by atomic mass is 10.1. The molecule has 0 saturated heterocycles. The number of amides is 1. The van der Waals surface area contributed by atoms with E-state index in [9.17, 15) is 4.79 Å². The van der Waals surface area contributed by atoms with E-state index in [0.29, 0.717) is 12.1 Å². The average Bonchev–Trinajstić information content (AvgIpc) is 2.48. The summed E-state index contributed by atoms with van der Waals surface area (Å²) in [6.07, 6.45) is 0. The maximum Gasteiger partial charge on any atom is 0.255 e. The first-order valence-electron chi connectivity index (χ1n) is 6.78. The fourth-order valence-corrected chi connectivity index (χ4v) is 1.97. The Morgan fingerprint density at radius 1 is 1.19 bits per heavy atom. The summed E-state index contributed by atoms with van der Waals surface area (Å²) < 4.78 is 0. The molecule has 0 aromatic heterocycles. The van der Waals surface area contributed by atoms with Gasteiger partial charge in [-0.3, -0.25) is 4.79 Å². The standard InChI is InChI=1S/C18H18N2O/c1-13-5-3-7-16(11-13)18(21)20-17-12-15(6-4-10-19)9-8-14(17)2/h3,5,7-9,11-12H,10,19H2,1-2H3,(H,20,21). The maximum absolute atomic E-state index is 12.3. The normalized spacial score (nSPS) is 9.67. The monoisotopic (exact) mass is 278 g/mol. The van der Waals surface area contributed by atoms with Crippen molar-refractivity contribution in [3.8, 4) is 11.8 Å². The molecule has 3 heteroatoms. The highest BCUT2D eigenvalue weighted by molar-refractivity contribution is 6.04. The number of carbonyl (C=O) groups is 1. The Labute approximate surface area is 125 Å². The van der Waals surface area contributed by atoms with Gasteiger partial charge in [-0.2, -0.15) is 0 Å². The van der Waals surface area contributed by atoms with Gasteiger partial charge in [0.1, 0.15) is 0 Å². The largest absolute Gasteiger partial charge is 0.322 e. The minimum Gasteiger partial charge on any atom is -0.322 e. The molecule has 3 nitrogen and oxygen atoms in total. The van der Waals surface area contributed by atoms with Crippen molar-refractivity contribution in [3.05, 3.63) is 64.7 Å². The van der Waals surface area contributed by atoms with Crippen molar-refractivity contribution in [2.24, 2.45) is 5.73 Å². The van der Waals surface area contributed by atoms with Crippen LogP contribution in [0.25, 0.3) is 0 Å². The minimum atomic E-state index is -0.120. The lowest BCUT2D eigenvalue weighted by molar-refractivity contribution is 0.102. The summed E-state index contributed by atoms with van der Waals surface area (Å²) in [4.78, 5) is 12.3. The second kappa shape index (κ2) is 6.74. The zero-order valence-electron chi connectivity index (χ0n) is 12.2. The first kappa shape index (κ1) is 14.8. The zero-order valence-corrected chi connectivity index (χ0v) is 12.2. The molecule has 0 spiro atoms. The van der Waals surface area contributed by atoms with Gasteiger partial charge in [-0.15, -0.1) is 0 Å². The van der Waals surface area contributed by atoms with E-state index >= 15 is 0 Å². The molecular weight excluding hydrogens is 260 g/mol. The van der Waals surface area contributed by atoms with Gasteiger partial charge in [-0.1, -0.05) is 35.6 Å². The van der Waals surface area contributed by atoms with Gasteiger partial charge in [0.25, 0.3) is 5.91 Å². The topological polar surface area (TPSA) is 55.1 Å². The predicted octanol–water partition coefficient (Wildman–Crippen LogP) is 2.87. The average molecular weight is 278 g/mol. The summed E-state index contributed by atoms with van der Waals surface area (Å²) >= 11 is 0. The molecule has 0 aliphatic carbocycles. The Bertz CT molecular complexity index is 723. The number of rotatable bonds is 2. The summed E-state index contributed by atoms with van der Waals surface area (Å²) in [5, 5.41) is 2.93. The van der Waals surface area contributed by atoms with Gasteiger partial charge in [0, 0.05) is 16.8 Å². The lowest BCUT2D eigenvalue weighted by Crippen LogP contribution is -2.13. The molecule has 0 aliphatic heterocycles. The fourth-order valence-electron chi connectivity index (χ4n) is 1.97. The SMILES string of the molecule is Cc1cccc(C(=O)Nc2cc(C#CCN)ccc2C)c1. The molecule has 1 amide bonds. The molecule has 2 aromatic carbocycles. The predicted molar refractivity (Wildman–Crippen MR) is 86.2 cm³/mol. The molecule has 0 saturated carbocycles. The summed E-state index contributed by atoms with van der Waals surface area (Å²) in [5.74, 6) is 5.66. The van der Waals surface area contributed by atoms with Crippen LogP contribution in [0.5, 0.6) is 0 Å². The number of hydrogen-bond acceptors (Lipinski definition) is 2. The van der Waals surface area contributed by atoms with Gasteiger partial charge >= 0.3 is 0 Å². The van der Waals surface area contributed by atoms with Gasteiger partial charge in [0.15, 0.2) is 0 Å². The Balaban J connectivity index is 2.24. The van der Waals surface area contributed by atoms with E-state index in [0.717, 1.165) is 22.4 Å². The van der Waals surface area contributed by atoms with E-state index in [1.807, 2.05) is 50.2 Å². The molecule has 0 fully saturated rings. The molecule has 2 aromatic rings. The Morgan fingerprint density at radius 2 is 2.00 bits per heavy atom. The molecule has 0 radical (unpaired) electrons. The van der Waals surface area contributed by atoms with Crippen molar-refractivity contribution in [2.75, 3.05) is 11.9 Å². The number of carbonyl (C=O) groups excluding carboxylic acids is 1. The van der Waals surface area contributed by atoms with Crippen molar-refractivity contribution in [1.29, 1.82) is 0 Å². The van der Waals surface area contributed by atoms with Crippen molar-refractivity contribution in [2.45, 2.75) is 13.8 Å². The van der Waals surface area contributed by atoms with Crippen LogP contribution in [0.1, 0.15) is 27.0 Å². The van der Waals surface area contributed by atoms with E-state index in [-0.39, 0.29) is 5.91 Å². The van der Waals surface area contributed by atoms with E-state index in [2.05, 4.69) is 17.2 Å². The molecule has 2 rings (SSSR count). The third-order valence-electron chi connectivity index (χ3n) is 3.10. The van der Waals surface area contributed by atoms with Crippen LogP contribution in [0.4, 0.5) is 5.69 Å². The molecule has 21 heavy (non-hydrogen) atoms.